The molecule has 0 amide bonds. The second-order valence-electron chi connectivity index (χ2n) is 4.53. The Morgan fingerprint density at radius 2 is 2.18 bits per heavy atom. The van der Waals surface area contributed by atoms with Gasteiger partial charge in [0.05, 0.1) is 4.90 Å². The Kier molecular flexibility index (Phi) is 3.86. The highest BCUT2D eigenvalue weighted by Crippen LogP contribution is 2.30. The quantitative estimate of drug-likeness (QED) is 0.727. The molecule has 1 heterocycles. The molecule has 5 nitrogen and oxygen atoms in total. The molecule has 1 aliphatic rings. The summed E-state index contributed by atoms with van der Waals surface area (Å²) < 4.78 is 26.3. The van der Waals surface area contributed by atoms with Crippen molar-refractivity contribution >= 4 is 10.0 Å². The fraction of sp³-hybridized carbons (Fsp3) is 0.636. The Hall–Kier alpha value is -0.850. The van der Waals surface area contributed by atoms with Crippen molar-refractivity contribution in [3.8, 4) is 0 Å². The molecule has 0 saturated heterocycles. The zero-order valence-electron chi connectivity index (χ0n) is 9.59. The van der Waals surface area contributed by atoms with E-state index in [-0.39, 0.29) is 23.3 Å². The Morgan fingerprint density at radius 3 is 2.82 bits per heavy atom. The van der Waals surface area contributed by atoms with Gasteiger partial charge in [-0.05, 0) is 30.7 Å². The Labute approximate surface area is 101 Å². The van der Waals surface area contributed by atoms with Gasteiger partial charge in [-0.2, -0.15) is 0 Å². The summed E-state index contributed by atoms with van der Waals surface area (Å²) in [6.45, 7) is 0.565. The number of aliphatic hydroxyl groups excluding tert-OH is 1. The van der Waals surface area contributed by atoms with E-state index in [1.165, 1.54) is 12.3 Å². The van der Waals surface area contributed by atoms with Crippen LogP contribution in [0.25, 0.3) is 0 Å². The lowest BCUT2D eigenvalue weighted by Crippen LogP contribution is -2.31. The second kappa shape index (κ2) is 5.20. The monoisotopic (exact) mass is 258 g/mol. The molecule has 2 unspecified atom stereocenters. The van der Waals surface area contributed by atoms with Crippen molar-refractivity contribution < 1.29 is 13.5 Å². The minimum absolute atomic E-state index is 0.149. The van der Waals surface area contributed by atoms with E-state index in [9.17, 15) is 8.42 Å². The second-order valence-corrected chi connectivity index (χ2v) is 6.30. The lowest BCUT2D eigenvalue weighted by atomic mass is 9.97. The first-order valence-corrected chi connectivity index (χ1v) is 7.35. The van der Waals surface area contributed by atoms with Crippen molar-refractivity contribution in [1.29, 1.82) is 0 Å². The van der Waals surface area contributed by atoms with Crippen molar-refractivity contribution in [2.24, 2.45) is 11.8 Å². The van der Waals surface area contributed by atoms with Crippen LogP contribution in [0.15, 0.2) is 23.4 Å². The highest BCUT2D eigenvalue weighted by molar-refractivity contribution is 7.89. The first-order valence-electron chi connectivity index (χ1n) is 5.87. The van der Waals surface area contributed by atoms with E-state index in [4.69, 9.17) is 5.11 Å². The molecule has 1 saturated carbocycles. The summed E-state index contributed by atoms with van der Waals surface area (Å²) in [5.41, 5.74) is 0. The Morgan fingerprint density at radius 1 is 1.41 bits per heavy atom. The van der Waals surface area contributed by atoms with Gasteiger partial charge < -0.3 is 10.1 Å². The van der Waals surface area contributed by atoms with E-state index in [0.29, 0.717) is 6.54 Å². The largest absolute Gasteiger partial charge is 0.396 e. The van der Waals surface area contributed by atoms with Gasteiger partial charge in [-0.3, -0.25) is 0 Å². The molecule has 96 valence electrons. The van der Waals surface area contributed by atoms with Gasteiger partial charge in [-0.25, -0.2) is 13.1 Å². The maximum atomic E-state index is 11.9. The molecule has 2 atom stereocenters. The summed E-state index contributed by atoms with van der Waals surface area (Å²) >= 11 is 0. The maximum Gasteiger partial charge on any atom is 0.242 e. The molecule has 0 spiro atoms. The average Bonchev–Trinajstić information content (AvgIpc) is 2.97. The zero-order chi connectivity index (χ0) is 12.3. The number of sulfonamides is 1. The third-order valence-corrected chi connectivity index (χ3v) is 4.89. The van der Waals surface area contributed by atoms with E-state index in [0.717, 1.165) is 19.3 Å². The highest BCUT2D eigenvalue weighted by Gasteiger charge is 2.28. The predicted octanol–water partition coefficient (Wildman–Crippen LogP) is 0.702. The standard InChI is InChI=1S/C11H18N2O3S/c14-8-10-3-1-2-9(10)6-13-17(15,16)11-4-5-12-7-11/h4-5,7,9-10,12-14H,1-3,6,8H2. The number of hydrogen-bond donors (Lipinski definition) is 3. The summed E-state index contributed by atoms with van der Waals surface area (Å²) in [4.78, 5) is 2.98. The van der Waals surface area contributed by atoms with E-state index < -0.39 is 10.0 Å². The van der Waals surface area contributed by atoms with Crippen LogP contribution in [-0.2, 0) is 10.0 Å². The first kappa shape index (κ1) is 12.6. The molecule has 0 aromatic carbocycles. The molecule has 2 rings (SSSR count). The van der Waals surface area contributed by atoms with E-state index in [2.05, 4.69) is 9.71 Å². The van der Waals surface area contributed by atoms with Crippen LogP contribution in [0.5, 0.6) is 0 Å². The van der Waals surface area contributed by atoms with Crippen molar-refractivity contribution in [1.82, 2.24) is 9.71 Å². The molecular formula is C11H18N2O3S. The summed E-state index contributed by atoms with van der Waals surface area (Å²) in [5, 5.41) is 9.17. The van der Waals surface area contributed by atoms with Gasteiger partial charge in [-0.1, -0.05) is 6.42 Å². The first-order chi connectivity index (χ1) is 8.13. The average molecular weight is 258 g/mol. The molecule has 17 heavy (non-hydrogen) atoms. The topological polar surface area (TPSA) is 82.2 Å². The molecular weight excluding hydrogens is 240 g/mol. The summed E-state index contributed by atoms with van der Waals surface area (Å²) in [5.74, 6) is 0.498. The van der Waals surface area contributed by atoms with Crippen LogP contribution in [0.3, 0.4) is 0 Å². The van der Waals surface area contributed by atoms with Gasteiger partial charge in [0.25, 0.3) is 0 Å². The van der Waals surface area contributed by atoms with Crippen molar-refractivity contribution in [2.45, 2.75) is 24.2 Å². The van der Waals surface area contributed by atoms with E-state index >= 15 is 0 Å². The number of aromatic amines is 1. The highest BCUT2D eigenvalue weighted by atomic mass is 32.2. The van der Waals surface area contributed by atoms with Crippen LogP contribution in [0.4, 0.5) is 0 Å². The summed E-state index contributed by atoms with van der Waals surface area (Å²) in [7, 11) is -3.40. The van der Waals surface area contributed by atoms with Gasteiger partial charge >= 0.3 is 0 Å². The molecule has 1 aliphatic carbocycles. The van der Waals surface area contributed by atoms with E-state index in [1.807, 2.05) is 0 Å². The van der Waals surface area contributed by atoms with Crippen LogP contribution in [0.2, 0.25) is 0 Å². The Balaban J connectivity index is 1.94. The minimum Gasteiger partial charge on any atom is -0.396 e. The summed E-state index contributed by atoms with van der Waals surface area (Å²) in [6, 6.07) is 1.53. The molecule has 3 N–H and O–H groups in total. The SMILES string of the molecule is O=S(=O)(NCC1CCCC1CO)c1cc[nH]c1. The number of hydrogen-bond acceptors (Lipinski definition) is 3. The molecule has 6 heteroatoms. The number of rotatable bonds is 5. The van der Waals surface area contributed by atoms with Gasteiger partial charge in [0.2, 0.25) is 10.0 Å². The fourth-order valence-electron chi connectivity index (χ4n) is 2.40. The molecule has 0 aliphatic heterocycles. The van der Waals surface area contributed by atoms with Gasteiger partial charge in [0, 0.05) is 25.5 Å². The third kappa shape index (κ3) is 2.88. The Bertz CT molecular complexity index is 441. The van der Waals surface area contributed by atoms with Crippen LogP contribution >= 0.6 is 0 Å². The summed E-state index contributed by atoms with van der Waals surface area (Å²) in [6.07, 6.45) is 6.09. The predicted molar refractivity (Wildman–Crippen MR) is 63.9 cm³/mol. The lowest BCUT2D eigenvalue weighted by Gasteiger charge is -2.17. The van der Waals surface area contributed by atoms with Crippen molar-refractivity contribution in [3.05, 3.63) is 18.5 Å². The fourth-order valence-corrected chi connectivity index (χ4v) is 3.47. The van der Waals surface area contributed by atoms with Crippen LogP contribution < -0.4 is 4.72 Å². The van der Waals surface area contributed by atoms with Crippen LogP contribution in [-0.4, -0.2) is 31.7 Å². The molecule has 1 fully saturated rings. The molecule has 1 aromatic rings. The van der Waals surface area contributed by atoms with Gasteiger partial charge in [0.1, 0.15) is 0 Å². The van der Waals surface area contributed by atoms with Crippen LogP contribution in [0, 0.1) is 11.8 Å². The normalized spacial score (nSPS) is 25.2. The maximum absolute atomic E-state index is 11.9. The molecule has 0 radical (unpaired) electrons. The third-order valence-electron chi connectivity index (χ3n) is 3.47. The number of nitrogens with one attached hydrogen (secondary N) is 2. The lowest BCUT2D eigenvalue weighted by molar-refractivity contribution is 0.195. The smallest absolute Gasteiger partial charge is 0.242 e. The van der Waals surface area contributed by atoms with Crippen molar-refractivity contribution in [3.63, 3.8) is 0 Å². The van der Waals surface area contributed by atoms with Crippen molar-refractivity contribution in [2.75, 3.05) is 13.2 Å². The number of aromatic nitrogens is 1. The van der Waals surface area contributed by atoms with E-state index in [1.54, 1.807) is 6.20 Å². The number of aliphatic hydroxyl groups is 1. The number of H-pyrrole nitrogens is 1. The van der Waals surface area contributed by atoms with Crippen LogP contribution in [0.1, 0.15) is 19.3 Å². The van der Waals surface area contributed by atoms with Gasteiger partial charge in [0.15, 0.2) is 0 Å². The molecule has 0 bridgehead atoms. The van der Waals surface area contributed by atoms with Gasteiger partial charge in [-0.15, -0.1) is 0 Å². The minimum atomic E-state index is -3.40. The zero-order valence-corrected chi connectivity index (χ0v) is 10.4. The molecule has 1 aromatic heterocycles.